The second-order valence-corrected chi connectivity index (χ2v) is 53.5. The Kier molecular flexibility index (Phi) is 38.6. The van der Waals surface area contributed by atoms with E-state index in [0.29, 0.717) is 89.6 Å². The summed E-state index contributed by atoms with van der Waals surface area (Å²) in [6.45, 7) is 68.8. The van der Waals surface area contributed by atoms with E-state index in [4.69, 9.17) is 27.1 Å². The van der Waals surface area contributed by atoms with Crippen LogP contribution < -0.4 is 0 Å². The first-order valence-corrected chi connectivity index (χ1v) is 62.0. The molecule has 0 saturated heterocycles. The van der Waals surface area contributed by atoms with Crippen molar-refractivity contribution < 1.29 is 27.1 Å². The SMILES string of the molecule is CC1CC(C)C2=C1C=CC2.CC1CC(C)C2=C1C=CC2.CC1CC(C)C2=C1C=CC2.CC1CC(C)C2=C1CC=N2.CC1CC(C)C2=C1OCO2.CC1CC(C)c2[nH]ccc21.CC1CC(C)c2[nH]cnc21.CC1CC(C)c2occc21.CC1CC(C)c2occc21.CC1CC(C)c2ocnc21.CC1CC(C)c2ocnc21.CC1CC(C)c2sccc21.CC1CC(C)c2sccc21.CC1CC(C)c2scnc21.CC1CC(C)c2scnc21. The molecule has 0 fully saturated rings. The highest BCUT2D eigenvalue weighted by molar-refractivity contribution is 7.11. The van der Waals surface area contributed by atoms with E-state index in [0.717, 1.165) is 124 Å². The average Bonchev–Trinajstić information content (AvgIpc) is 1.79. The summed E-state index contributed by atoms with van der Waals surface area (Å²) in [5, 5.41) is 4.44. The lowest BCUT2D eigenvalue weighted by Gasteiger charge is -2.08. The molecule has 14 nitrogen and oxygen atoms in total. The molecule has 30 atom stereocenters. The number of rotatable bonds is 0. The van der Waals surface area contributed by atoms with Gasteiger partial charge in [-0.25, -0.2) is 24.9 Å². The van der Waals surface area contributed by atoms with E-state index >= 15 is 0 Å². The van der Waals surface area contributed by atoms with E-state index in [2.05, 4.69) is 338 Å². The van der Waals surface area contributed by atoms with Gasteiger partial charge in [-0.3, -0.25) is 4.99 Å². The molecule has 0 aromatic carbocycles. The zero-order valence-electron chi connectivity index (χ0n) is 96.9. The van der Waals surface area contributed by atoms with Crippen molar-refractivity contribution in [1.82, 2.24) is 34.9 Å². The van der Waals surface area contributed by atoms with Gasteiger partial charge in [-0.2, -0.15) is 0 Å². The minimum absolute atomic E-state index is 0.444. The summed E-state index contributed by atoms with van der Waals surface area (Å²) in [5.74, 6) is 28.8. The van der Waals surface area contributed by atoms with Gasteiger partial charge in [0.25, 0.3) is 0 Å². The van der Waals surface area contributed by atoms with Crippen LogP contribution in [0.15, 0.2) is 205 Å². The van der Waals surface area contributed by atoms with E-state index in [-0.39, 0.29) is 0 Å². The number of oxazole rings is 2. The van der Waals surface area contributed by atoms with E-state index in [1.54, 1.807) is 91.5 Å². The summed E-state index contributed by atoms with van der Waals surface area (Å²) in [6.07, 6.45) is 50.8. The number of ether oxygens (including phenoxy) is 2. The zero-order valence-corrected chi connectivity index (χ0v) is 100. The van der Waals surface area contributed by atoms with Crippen molar-refractivity contribution in [2.24, 2.45) is 64.2 Å². The molecule has 20 aliphatic rings. The highest BCUT2D eigenvalue weighted by Gasteiger charge is 2.40. The molecule has 10 aromatic heterocycles. The number of hydrogen-bond acceptors (Lipinski definition) is 16. The summed E-state index contributed by atoms with van der Waals surface area (Å²) >= 11 is 7.47. The van der Waals surface area contributed by atoms with Gasteiger partial charge in [-0.15, -0.1) is 45.3 Å². The predicted octanol–water partition coefficient (Wildman–Crippen LogP) is 40.2. The summed E-state index contributed by atoms with van der Waals surface area (Å²) in [5.41, 5.74) is 33.8. The van der Waals surface area contributed by atoms with E-state index in [1.807, 2.05) is 56.4 Å². The molecule has 0 bridgehead atoms. The Morgan fingerprint density at radius 2 is 0.613 bits per heavy atom. The number of aliphatic imine (C=N–C) groups is 1. The number of imidazole rings is 1. The van der Waals surface area contributed by atoms with Crippen LogP contribution in [0.25, 0.3) is 0 Å². The Bertz CT molecular complexity index is 5080. The van der Waals surface area contributed by atoms with Crippen LogP contribution in [-0.4, -0.2) is 47.9 Å². The highest BCUT2D eigenvalue weighted by Crippen LogP contribution is 2.53. The van der Waals surface area contributed by atoms with Crippen LogP contribution >= 0.6 is 45.3 Å². The quantitative estimate of drug-likeness (QED) is 0.148. The Balaban J connectivity index is 0.000000114. The van der Waals surface area contributed by atoms with Crippen molar-refractivity contribution in [3.8, 4) is 0 Å². The number of nitrogens with zero attached hydrogens (tertiary/aromatic N) is 6. The molecule has 150 heavy (non-hydrogen) atoms. The van der Waals surface area contributed by atoms with E-state index < -0.39 is 0 Å². The topological polar surface area (TPSA) is 179 Å². The maximum atomic E-state index is 5.36. The third-order valence-corrected chi connectivity index (χ3v) is 41.5. The van der Waals surface area contributed by atoms with Gasteiger partial charge in [-0.1, -0.05) is 261 Å². The van der Waals surface area contributed by atoms with Gasteiger partial charge in [0, 0.05) is 121 Å². The lowest BCUT2D eigenvalue weighted by Crippen LogP contribution is -2.00. The number of nitrogens with one attached hydrogen (secondary N) is 2. The minimum atomic E-state index is 0.444. The van der Waals surface area contributed by atoms with Crippen molar-refractivity contribution in [2.45, 2.75) is 448 Å². The van der Waals surface area contributed by atoms with Crippen molar-refractivity contribution in [3.63, 3.8) is 0 Å². The largest absolute Gasteiger partial charge is 0.469 e. The molecule has 12 heterocycles. The lowest BCUT2D eigenvalue weighted by molar-refractivity contribution is 0.0458. The van der Waals surface area contributed by atoms with Gasteiger partial charge < -0.3 is 37.1 Å². The first kappa shape index (κ1) is 114. The Hall–Kier alpha value is -8.68. The van der Waals surface area contributed by atoms with Gasteiger partial charge >= 0.3 is 0 Å². The number of thiophene rings is 2. The van der Waals surface area contributed by atoms with Gasteiger partial charge in [0.05, 0.1) is 58.3 Å². The van der Waals surface area contributed by atoms with Crippen molar-refractivity contribution in [3.05, 3.63) is 293 Å². The lowest BCUT2D eigenvalue weighted by atomic mass is 10.0. The second kappa shape index (κ2) is 50.9. The number of allylic oxidation sites excluding steroid dienone is 16. The van der Waals surface area contributed by atoms with Crippen LogP contribution in [0.3, 0.4) is 0 Å². The van der Waals surface area contributed by atoms with Crippen LogP contribution in [0.2, 0.25) is 0 Å². The highest BCUT2D eigenvalue weighted by atomic mass is 32.1. The number of aromatic nitrogens is 7. The predicted molar refractivity (Wildman–Crippen MR) is 628 cm³/mol. The number of thiazole rings is 2. The Morgan fingerprint density at radius 3 is 1.02 bits per heavy atom. The van der Waals surface area contributed by atoms with Crippen LogP contribution in [0, 0.1) is 59.2 Å². The molecule has 18 heteroatoms. The second-order valence-electron chi connectivity index (χ2n) is 49.8. The molecule has 0 saturated carbocycles. The van der Waals surface area contributed by atoms with E-state index in [1.165, 1.54) is 199 Å². The van der Waals surface area contributed by atoms with Gasteiger partial charge in [0.2, 0.25) is 6.79 Å². The fraction of sp³-hybridized carbons (Fsp3) is 0.606. The third-order valence-electron chi connectivity index (χ3n) is 37.0. The molecule has 30 unspecified atom stereocenters. The zero-order chi connectivity index (χ0) is 107. The number of H-pyrrole nitrogens is 2. The molecule has 2 N–H and O–H groups in total. The van der Waals surface area contributed by atoms with E-state index in [9.17, 15) is 0 Å². The monoisotopic (exact) mass is 2110 g/mol. The smallest absolute Gasteiger partial charge is 0.230 e. The fourth-order valence-electron chi connectivity index (χ4n) is 29.3. The number of hydrogen-bond donors (Lipinski definition) is 2. The van der Waals surface area contributed by atoms with Crippen molar-refractivity contribution >= 4 is 51.6 Å². The maximum absolute atomic E-state index is 5.36. The fourth-order valence-corrected chi connectivity index (χ4v) is 33.5. The number of aromatic amines is 2. The summed E-state index contributed by atoms with van der Waals surface area (Å²) in [7, 11) is 0. The Morgan fingerprint density at radius 1 is 0.260 bits per heavy atom. The van der Waals surface area contributed by atoms with Gasteiger partial charge in [0.15, 0.2) is 12.8 Å². The van der Waals surface area contributed by atoms with Crippen LogP contribution in [0.1, 0.15) is 558 Å². The maximum Gasteiger partial charge on any atom is 0.230 e. The first-order valence-electron chi connectivity index (χ1n) is 58.5. The molecule has 18 aliphatic carbocycles. The van der Waals surface area contributed by atoms with Gasteiger partial charge in [-0.05, 0) is 319 Å². The third kappa shape index (κ3) is 25.8. The summed E-state index contributed by atoms with van der Waals surface area (Å²) in [4.78, 5) is 38.5. The van der Waals surface area contributed by atoms with Crippen LogP contribution in [0.5, 0.6) is 0 Å². The first-order chi connectivity index (χ1) is 71.8. The molecule has 0 radical (unpaired) electrons. The summed E-state index contributed by atoms with van der Waals surface area (Å²) < 4.78 is 31.8. The van der Waals surface area contributed by atoms with Gasteiger partial charge in [0.1, 0.15) is 34.6 Å². The molecule has 2 aliphatic heterocycles. The van der Waals surface area contributed by atoms with Crippen LogP contribution in [-0.2, 0) is 9.47 Å². The number of furan rings is 2. The molecule has 30 rings (SSSR count). The van der Waals surface area contributed by atoms with Crippen LogP contribution in [0.4, 0.5) is 0 Å². The molecule has 10 aromatic rings. The molecule has 0 amide bonds. The summed E-state index contributed by atoms with van der Waals surface area (Å²) in [6, 6.07) is 11.0. The standard InChI is InChI=1S/3C10H14.2C9H13N.2C9H12O.2C9H12S.C8H12N2.2C8H11NO.2C8H11NS.C8H12O2/c3*1-7-6-8(2)10-5-3-4-9(7)10;6*1-6-5-7(2)9-8(6)3-4-10-9;6*1-5-3-6(2)8-7(5)9-4-10-8/h3*3-4,7-8H,5-6H2,1-2H3;4,6-7H,3,5H2,1-2H3;3-4,6-7,10H,5H2,1-2H3;4*3-4,6-7H,5H2,1-2H3;4-6H,3H2,1-2H3,(H,9,10);4*4-6H,3H2,1-2H3;5-6H,3-4H2,1-2H3. The van der Waals surface area contributed by atoms with Crippen molar-refractivity contribution in [2.75, 3.05) is 6.79 Å². The normalized spacial score (nSPS) is 32.9. The molecular formula is C132H184N8O6S4. The Labute approximate surface area is 918 Å². The molecule has 812 valence electrons. The van der Waals surface area contributed by atoms with Crippen molar-refractivity contribution in [1.29, 1.82) is 0 Å². The minimum Gasteiger partial charge on any atom is -0.469 e. The number of fused-ring (bicyclic) bond motifs is 10. The molecular weight excluding hydrogens is 1920 g/mol. The molecule has 0 spiro atoms. The average molecular weight is 2110 g/mol.